The van der Waals surface area contributed by atoms with E-state index in [2.05, 4.69) is 29.5 Å². The van der Waals surface area contributed by atoms with Crippen LogP contribution in [0.1, 0.15) is 49.0 Å². The van der Waals surface area contributed by atoms with Gasteiger partial charge in [0.2, 0.25) is 5.91 Å². The molecule has 1 aromatic heterocycles. The highest BCUT2D eigenvalue weighted by molar-refractivity contribution is 5.83. The molecule has 4 nitrogen and oxygen atoms in total. The van der Waals surface area contributed by atoms with E-state index in [0.717, 1.165) is 16.8 Å². The first-order valence-corrected chi connectivity index (χ1v) is 8.73. The maximum Gasteiger partial charge on any atom is 0.238 e. The van der Waals surface area contributed by atoms with Gasteiger partial charge in [-0.05, 0) is 23.1 Å². The molecule has 3 rings (SSSR count). The predicted molar refractivity (Wildman–Crippen MR) is 96.1 cm³/mol. The number of aromatic nitrogens is 1. The quantitative estimate of drug-likeness (QED) is 0.879. The molecule has 0 aliphatic carbocycles. The second-order valence-corrected chi connectivity index (χ2v) is 6.82. The Balaban J connectivity index is 1.84. The summed E-state index contributed by atoms with van der Waals surface area (Å²) in [4.78, 5) is 17.1. The molecule has 1 aromatic carbocycles. The van der Waals surface area contributed by atoms with Crippen LogP contribution in [0, 0.1) is 0 Å². The topological polar surface area (TPSA) is 54.0 Å². The molecule has 2 aromatic rings. The molecule has 0 saturated carbocycles. The van der Waals surface area contributed by atoms with Gasteiger partial charge in [-0.15, -0.1) is 0 Å². The maximum atomic E-state index is 13.4. The van der Waals surface area contributed by atoms with Gasteiger partial charge < -0.3 is 10.6 Å². The number of amides is 1. The second kappa shape index (κ2) is 7.74. The van der Waals surface area contributed by atoms with Crippen molar-refractivity contribution < 1.29 is 9.18 Å². The Labute approximate surface area is 147 Å². The number of nitrogens with one attached hydrogen (secondary N) is 2. The van der Waals surface area contributed by atoms with Gasteiger partial charge in [-0.2, -0.15) is 0 Å². The normalized spacial score (nSPS) is 21.3. The monoisotopic (exact) mass is 341 g/mol. The van der Waals surface area contributed by atoms with Gasteiger partial charge in [0.25, 0.3) is 0 Å². The van der Waals surface area contributed by atoms with E-state index in [4.69, 9.17) is 0 Å². The zero-order chi connectivity index (χ0) is 17.8. The number of hydrogen-bond acceptors (Lipinski definition) is 3. The van der Waals surface area contributed by atoms with Crippen LogP contribution in [0.15, 0.2) is 48.7 Å². The maximum absolute atomic E-state index is 13.4. The average Bonchev–Trinajstić information content (AvgIpc) is 3.07. The molecule has 25 heavy (non-hydrogen) atoms. The van der Waals surface area contributed by atoms with Crippen molar-refractivity contribution in [2.75, 3.05) is 6.54 Å². The highest BCUT2D eigenvalue weighted by Gasteiger charge is 2.31. The lowest BCUT2D eigenvalue weighted by atomic mass is 10.00. The molecule has 0 radical (unpaired) electrons. The zero-order valence-electron chi connectivity index (χ0n) is 14.6. The molecule has 1 fully saturated rings. The molecule has 3 atom stereocenters. The number of pyridine rings is 1. The number of hydrogen-bond donors (Lipinski definition) is 2. The van der Waals surface area contributed by atoms with Gasteiger partial charge in [0.1, 0.15) is 6.17 Å². The van der Waals surface area contributed by atoms with Crippen LogP contribution >= 0.6 is 0 Å². The first kappa shape index (κ1) is 17.5. The number of rotatable bonds is 5. The SMILES string of the molecule is CC(C)c1ccc(C(NC(=O)[C@H]2CC(F)CN2)c2ccccc2)nc1. The minimum Gasteiger partial charge on any atom is -0.342 e. The van der Waals surface area contributed by atoms with E-state index in [0.29, 0.717) is 5.92 Å². The zero-order valence-corrected chi connectivity index (χ0v) is 14.6. The fourth-order valence-corrected chi connectivity index (χ4v) is 3.04. The van der Waals surface area contributed by atoms with Crippen LogP contribution in [0.3, 0.4) is 0 Å². The van der Waals surface area contributed by atoms with E-state index in [9.17, 15) is 9.18 Å². The molecule has 1 amide bonds. The molecule has 0 spiro atoms. The molecule has 2 heterocycles. The Hall–Kier alpha value is -2.27. The van der Waals surface area contributed by atoms with Gasteiger partial charge in [0.15, 0.2) is 0 Å². The third kappa shape index (κ3) is 4.23. The molecule has 1 aliphatic rings. The van der Waals surface area contributed by atoms with E-state index in [1.165, 1.54) is 0 Å². The number of halogens is 1. The first-order valence-electron chi connectivity index (χ1n) is 8.73. The van der Waals surface area contributed by atoms with Crippen molar-refractivity contribution in [2.24, 2.45) is 0 Å². The summed E-state index contributed by atoms with van der Waals surface area (Å²) in [5.41, 5.74) is 2.88. The largest absolute Gasteiger partial charge is 0.342 e. The molecule has 132 valence electrons. The summed E-state index contributed by atoms with van der Waals surface area (Å²) < 4.78 is 13.4. The Morgan fingerprint density at radius 3 is 2.52 bits per heavy atom. The predicted octanol–water partition coefficient (Wildman–Crippen LogP) is 3.11. The van der Waals surface area contributed by atoms with E-state index in [1.807, 2.05) is 48.7 Å². The van der Waals surface area contributed by atoms with Gasteiger partial charge in [-0.3, -0.25) is 9.78 Å². The second-order valence-electron chi connectivity index (χ2n) is 6.82. The average molecular weight is 341 g/mol. The van der Waals surface area contributed by atoms with Crippen molar-refractivity contribution in [3.05, 3.63) is 65.5 Å². The summed E-state index contributed by atoms with van der Waals surface area (Å²) in [5, 5.41) is 5.96. The van der Waals surface area contributed by atoms with Crippen LogP contribution in [0.25, 0.3) is 0 Å². The van der Waals surface area contributed by atoms with Crippen molar-refractivity contribution in [1.82, 2.24) is 15.6 Å². The lowest BCUT2D eigenvalue weighted by Crippen LogP contribution is -2.42. The number of carbonyl (C=O) groups excluding carboxylic acids is 1. The van der Waals surface area contributed by atoms with Crippen molar-refractivity contribution in [3.8, 4) is 0 Å². The van der Waals surface area contributed by atoms with Crippen LogP contribution < -0.4 is 10.6 Å². The standard InChI is InChI=1S/C20H24FN3O/c1-13(2)15-8-9-17(22-11-15)19(14-6-4-3-5-7-14)24-20(25)18-10-16(21)12-23-18/h3-9,11,13,16,18-19,23H,10,12H2,1-2H3,(H,24,25)/t16?,18-,19?/m1/s1. The molecule has 1 saturated heterocycles. The number of benzene rings is 1. The Morgan fingerprint density at radius 1 is 1.20 bits per heavy atom. The molecule has 1 aliphatic heterocycles. The Bertz CT molecular complexity index is 703. The van der Waals surface area contributed by atoms with E-state index in [-0.39, 0.29) is 24.9 Å². The smallest absolute Gasteiger partial charge is 0.238 e. The van der Waals surface area contributed by atoms with Crippen LogP contribution in [-0.4, -0.2) is 29.6 Å². The summed E-state index contributed by atoms with van der Waals surface area (Å²) in [7, 11) is 0. The molecule has 2 unspecified atom stereocenters. The molecule has 0 bridgehead atoms. The fraction of sp³-hybridized carbons (Fsp3) is 0.400. The van der Waals surface area contributed by atoms with Crippen molar-refractivity contribution in [3.63, 3.8) is 0 Å². The van der Waals surface area contributed by atoms with E-state index >= 15 is 0 Å². The summed E-state index contributed by atoms with van der Waals surface area (Å²) in [5.74, 6) is 0.208. The Kier molecular flexibility index (Phi) is 5.43. The fourth-order valence-electron chi connectivity index (χ4n) is 3.04. The van der Waals surface area contributed by atoms with Gasteiger partial charge >= 0.3 is 0 Å². The van der Waals surface area contributed by atoms with E-state index < -0.39 is 12.2 Å². The molecular formula is C20H24FN3O. The first-order chi connectivity index (χ1) is 12.0. The van der Waals surface area contributed by atoms with E-state index in [1.54, 1.807) is 0 Å². The van der Waals surface area contributed by atoms with Crippen molar-refractivity contribution in [1.29, 1.82) is 0 Å². The summed E-state index contributed by atoms with van der Waals surface area (Å²) >= 11 is 0. The van der Waals surface area contributed by atoms with Gasteiger partial charge in [0.05, 0.1) is 17.8 Å². The summed E-state index contributed by atoms with van der Waals surface area (Å²) in [6.45, 7) is 4.47. The summed E-state index contributed by atoms with van der Waals surface area (Å²) in [6, 6.07) is 12.9. The highest BCUT2D eigenvalue weighted by atomic mass is 19.1. The van der Waals surface area contributed by atoms with Crippen LogP contribution in [0.5, 0.6) is 0 Å². The highest BCUT2D eigenvalue weighted by Crippen LogP contribution is 2.23. The lowest BCUT2D eigenvalue weighted by Gasteiger charge is -2.21. The summed E-state index contributed by atoms with van der Waals surface area (Å²) in [6.07, 6.45) is 1.11. The minimum atomic E-state index is -0.964. The molecule has 5 heteroatoms. The van der Waals surface area contributed by atoms with Crippen LogP contribution in [-0.2, 0) is 4.79 Å². The number of carbonyl (C=O) groups is 1. The molecular weight excluding hydrogens is 317 g/mol. The lowest BCUT2D eigenvalue weighted by molar-refractivity contribution is -0.123. The third-order valence-electron chi connectivity index (χ3n) is 4.58. The van der Waals surface area contributed by atoms with Crippen molar-refractivity contribution >= 4 is 5.91 Å². The Morgan fingerprint density at radius 2 is 1.96 bits per heavy atom. The third-order valence-corrected chi connectivity index (χ3v) is 4.58. The van der Waals surface area contributed by atoms with Gasteiger partial charge in [0, 0.05) is 19.2 Å². The van der Waals surface area contributed by atoms with Gasteiger partial charge in [-0.1, -0.05) is 50.2 Å². The number of nitrogens with zero attached hydrogens (tertiary/aromatic N) is 1. The van der Waals surface area contributed by atoms with Gasteiger partial charge in [-0.25, -0.2) is 4.39 Å². The number of alkyl halides is 1. The van der Waals surface area contributed by atoms with Crippen LogP contribution in [0.4, 0.5) is 4.39 Å². The minimum absolute atomic E-state index is 0.191. The van der Waals surface area contributed by atoms with Crippen molar-refractivity contribution in [2.45, 2.75) is 44.4 Å². The molecule has 2 N–H and O–H groups in total. The van der Waals surface area contributed by atoms with Crippen LogP contribution in [0.2, 0.25) is 0 Å².